The highest BCUT2D eigenvalue weighted by atomic mass is 19.4. The van der Waals surface area contributed by atoms with E-state index in [1.807, 2.05) is 19.9 Å². The summed E-state index contributed by atoms with van der Waals surface area (Å²) in [7, 11) is 0. The minimum Gasteiger partial charge on any atom is -0.304 e. The van der Waals surface area contributed by atoms with Crippen LogP contribution in [0.3, 0.4) is 0 Å². The maximum atomic E-state index is 13.3. The standard InChI is InChI=1S/C24H18F3N5O/c1-15(2)32(19-9-3-16(11-28)4-10-19)23(33)20-14-31-21(12-30-22(31)13-29-20)17-5-7-18(8-6-17)24(25,26)27/h3-10,12-15H,1-2H3. The third-order valence-corrected chi connectivity index (χ3v) is 5.13. The molecule has 2 aromatic heterocycles. The van der Waals surface area contributed by atoms with Crippen LogP contribution in [0.15, 0.2) is 67.1 Å². The highest BCUT2D eigenvalue weighted by Gasteiger charge is 2.30. The molecular formula is C24H18F3N5O. The second-order valence-corrected chi connectivity index (χ2v) is 7.65. The van der Waals surface area contributed by atoms with E-state index in [1.165, 1.54) is 30.7 Å². The number of amides is 1. The van der Waals surface area contributed by atoms with Crippen LogP contribution < -0.4 is 4.90 Å². The summed E-state index contributed by atoms with van der Waals surface area (Å²) in [6, 6.07) is 13.3. The Kier molecular flexibility index (Phi) is 5.60. The van der Waals surface area contributed by atoms with E-state index in [9.17, 15) is 18.0 Å². The van der Waals surface area contributed by atoms with Crippen LogP contribution in [0.2, 0.25) is 0 Å². The molecule has 4 rings (SSSR count). The molecular weight excluding hydrogens is 431 g/mol. The minimum atomic E-state index is -4.42. The topological polar surface area (TPSA) is 74.3 Å². The summed E-state index contributed by atoms with van der Waals surface area (Å²) in [5, 5.41) is 9.01. The van der Waals surface area contributed by atoms with E-state index < -0.39 is 11.7 Å². The zero-order chi connectivity index (χ0) is 23.8. The number of carbonyl (C=O) groups is 1. The fraction of sp³-hybridized carbons (Fsp3) is 0.167. The van der Waals surface area contributed by atoms with Gasteiger partial charge in [-0.1, -0.05) is 12.1 Å². The largest absolute Gasteiger partial charge is 0.416 e. The van der Waals surface area contributed by atoms with Crippen LogP contribution in [-0.2, 0) is 6.18 Å². The average molecular weight is 449 g/mol. The van der Waals surface area contributed by atoms with Gasteiger partial charge >= 0.3 is 6.18 Å². The summed E-state index contributed by atoms with van der Waals surface area (Å²) in [4.78, 5) is 23.4. The molecule has 1 amide bonds. The van der Waals surface area contributed by atoms with Gasteiger partial charge in [0.15, 0.2) is 5.65 Å². The molecule has 0 aliphatic rings. The summed E-state index contributed by atoms with van der Waals surface area (Å²) in [5.74, 6) is -0.358. The normalized spacial score (nSPS) is 11.5. The number of nitriles is 1. The minimum absolute atomic E-state index is 0.145. The average Bonchev–Trinajstić information content (AvgIpc) is 3.22. The second kappa shape index (κ2) is 8.39. The Balaban J connectivity index is 1.72. The third kappa shape index (κ3) is 4.28. The number of alkyl halides is 3. The molecule has 6 nitrogen and oxygen atoms in total. The van der Waals surface area contributed by atoms with Crippen molar-refractivity contribution in [3.8, 4) is 17.3 Å². The van der Waals surface area contributed by atoms with Crippen LogP contribution in [0, 0.1) is 11.3 Å². The predicted octanol–water partition coefficient (Wildman–Crippen LogP) is 5.34. The Labute approximate surface area is 187 Å². The van der Waals surface area contributed by atoms with Crippen molar-refractivity contribution >= 4 is 17.2 Å². The molecule has 0 aliphatic heterocycles. The predicted molar refractivity (Wildman–Crippen MR) is 117 cm³/mol. The van der Waals surface area contributed by atoms with Gasteiger partial charge in [-0.15, -0.1) is 0 Å². The number of hydrogen-bond donors (Lipinski definition) is 0. The Morgan fingerprint density at radius 3 is 2.27 bits per heavy atom. The SMILES string of the molecule is CC(C)N(C(=O)c1cn2c(-c3ccc(C(F)(F)F)cc3)cnc2cn1)c1ccc(C#N)cc1. The van der Waals surface area contributed by atoms with Gasteiger partial charge in [0.25, 0.3) is 5.91 Å². The van der Waals surface area contributed by atoms with Crippen molar-refractivity contribution in [3.63, 3.8) is 0 Å². The van der Waals surface area contributed by atoms with Crippen molar-refractivity contribution in [3.05, 3.63) is 83.9 Å². The van der Waals surface area contributed by atoms with E-state index in [0.29, 0.717) is 28.2 Å². The number of nitrogens with zero attached hydrogens (tertiary/aromatic N) is 5. The van der Waals surface area contributed by atoms with Crippen LogP contribution in [0.4, 0.5) is 18.9 Å². The van der Waals surface area contributed by atoms with Crippen LogP contribution in [0.1, 0.15) is 35.5 Å². The molecule has 9 heteroatoms. The van der Waals surface area contributed by atoms with E-state index in [1.54, 1.807) is 33.6 Å². The van der Waals surface area contributed by atoms with E-state index in [0.717, 1.165) is 12.1 Å². The lowest BCUT2D eigenvalue weighted by Crippen LogP contribution is -2.37. The molecule has 2 aromatic carbocycles. The summed E-state index contributed by atoms with van der Waals surface area (Å²) < 4.78 is 40.3. The third-order valence-electron chi connectivity index (χ3n) is 5.13. The lowest BCUT2D eigenvalue weighted by atomic mass is 10.1. The molecule has 0 bridgehead atoms. The fourth-order valence-corrected chi connectivity index (χ4v) is 3.51. The first-order valence-electron chi connectivity index (χ1n) is 10.0. The maximum absolute atomic E-state index is 13.3. The summed E-state index contributed by atoms with van der Waals surface area (Å²) >= 11 is 0. The van der Waals surface area contributed by atoms with Gasteiger partial charge in [0.2, 0.25) is 0 Å². The molecule has 166 valence electrons. The van der Waals surface area contributed by atoms with Crippen molar-refractivity contribution in [1.29, 1.82) is 5.26 Å². The molecule has 4 aromatic rings. The molecule has 2 heterocycles. The van der Waals surface area contributed by atoms with E-state index in [2.05, 4.69) is 9.97 Å². The Morgan fingerprint density at radius 1 is 1.03 bits per heavy atom. The smallest absolute Gasteiger partial charge is 0.304 e. The van der Waals surface area contributed by atoms with Crippen LogP contribution in [-0.4, -0.2) is 26.3 Å². The van der Waals surface area contributed by atoms with Gasteiger partial charge in [-0.2, -0.15) is 18.4 Å². The van der Waals surface area contributed by atoms with Crippen LogP contribution >= 0.6 is 0 Å². The lowest BCUT2D eigenvalue weighted by Gasteiger charge is -2.26. The number of imidazole rings is 1. The first kappa shape index (κ1) is 22.0. The molecule has 0 aliphatic carbocycles. The maximum Gasteiger partial charge on any atom is 0.416 e. The molecule has 0 spiro atoms. The molecule has 0 unspecified atom stereocenters. The second-order valence-electron chi connectivity index (χ2n) is 7.65. The summed E-state index contributed by atoms with van der Waals surface area (Å²) in [6.45, 7) is 3.72. The quantitative estimate of drug-likeness (QED) is 0.421. The molecule has 0 N–H and O–H groups in total. The molecule has 0 saturated carbocycles. The van der Waals surface area contributed by atoms with Crippen molar-refractivity contribution in [2.45, 2.75) is 26.1 Å². The summed E-state index contributed by atoms with van der Waals surface area (Å²) in [5.41, 5.74) is 2.01. The Bertz CT molecular complexity index is 1350. The van der Waals surface area contributed by atoms with Crippen molar-refractivity contribution in [1.82, 2.24) is 14.4 Å². The van der Waals surface area contributed by atoms with Gasteiger partial charge in [0, 0.05) is 23.5 Å². The zero-order valence-electron chi connectivity index (χ0n) is 17.7. The van der Waals surface area contributed by atoms with Gasteiger partial charge in [0.05, 0.1) is 35.3 Å². The van der Waals surface area contributed by atoms with Gasteiger partial charge in [-0.3, -0.25) is 9.20 Å². The summed E-state index contributed by atoms with van der Waals surface area (Å²) in [6.07, 6.45) is 0.0662. The van der Waals surface area contributed by atoms with Gasteiger partial charge in [-0.05, 0) is 50.2 Å². The molecule has 0 saturated heterocycles. The number of aromatic nitrogens is 3. The van der Waals surface area contributed by atoms with E-state index >= 15 is 0 Å². The number of benzene rings is 2. The fourth-order valence-electron chi connectivity index (χ4n) is 3.51. The highest BCUT2D eigenvalue weighted by molar-refractivity contribution is 6.05. The molecule has 0 fully saturated rings. The number of halogens is 3. The van der Waals surface area contributed by atoms with Gasteiger partial charge in [0.1, 0.15) is 5.69 Å². The molecule has 0 radical (unpaired) electrons. The van der Waals surface area contributed by atoms with Gasteiger partial charge in [-0.25, -0.2) is 9.97 Å². The number of rotatable bonds is 4. The Morgan fingerprint density at radius 2 is 1.70 bits per heavy atom. The highest BCUT2D eigenvalue weighted by Crippen LogP contribution is 2.31. The molecule has 0 atom stereocenters. The number of hydrogen-bond acceptors (Lipinski definition) is 4. The number of anilines is 1. The first-order valence-corrected chi connectivity index (χ1v) is 10.0. The Hall–Kier alpha value is -4.19. The number of carbonyl (C=O) groups excluding carboxylic acids is 1. The van der Waals surface area contributed by atoms with Crippen LogP contribution in [0.5, 0.6) is 0 Å². The van der Waals surface area contributed by atoms with Crippen molar-refractivity contribution in [2.24, 2.45) is 0 Å². The first-order chi connectivity index (χ1) is 15.7. The van der Waals surface area contributed by atoms with E-state index in [4.69, 9.17) is 5.26 Å². The van der Waals surface area contributed by atoms with Gasteiger partial charge < -0.3 is 4.90 Å². The van der Waals surface area contributed by atoms with E-state index in [-0.39, 0.29) is 17.6 Å². The van der Waals surface area contributed by atoms with Crippen molar-refractivity contribution < 1.29 is 18.0 Å². The van der Waals surface area contributed by atoms with Crippen molar-refractivity contribution in [2.75, 3.05) is 4.90 Å². The molecule has 33 heavy (non-hydrogen) atoms. The van der Waals surface area contributed by atoms with Crippen LogP contribution in [0.25, 0.3) is 16.9 Å². The number of fused-ring (bicyclic) bond motifs is 1. The lowest BCUT2D eigenvalue weighted by molar-refractivity contribution is -0.137. The zero-order valence-corrected chi connectivity index (χ0v) is 17.7. The monoisotopic (exact) mass is 449 g/mol.